The fourth-order valence-electron chi connectivity index (χ4n) is 3.19. The van der Waals surface area contributed by atoms with Gasteiger partial charge in [0.2, 0.25) is 5.91 Å². The van der Waals surface area contributed by atoms with E-state index in [1.54, 1.807) is 9.58 Å². The first-order valence-electron chi connectivity index (χ1n) is 7.73. The van der Waals surface area contributed by atoms with Crippen molar-refractivity contribution >= 4 is 17.5 Å². The molecule has 2 aromatic rings. The number of carbonyl (C=O) groups is 1. The lowest BCUT2D eigenvalue weighted by Gasteiger charge is -2.24. The number of amides is 1. The van der Waals surface area contributed by atoms with Gasteiger partial charge in [-0.3, -0.25) is 9.48 Å². The molecule has 23 heavy (non-hydrogen) atoms. The van der Waals surface area contributed by atoms with Crippen LogP contribution in [-0.4, -0.2) is 40.7 Å². The topological polar surface area (TPSA) is 50.2 Å². The van der Waals surface area contributed by atoms with Gasteiger partial charge in [-0.25, -0.2) is 0 Å². The van der Waals surface area contributed by atoms with Gasteiger partial charge in [0.25, 0.3) is 0 Å². The average molecular weight is 333 g/mol. The molecular formula is C17H21ClN4O. The summed E-state index contributed by atoms with van der Waals surface area (Å²) >= 11 is 6.02. The molecule has 0 saturated carbocycles. The molecule has 2 heterocycles. The van der Waals surface area contributed by atoms with Crippen molar-refractivity contribution in [1.29, 1.82) is 0 Å². The summed E-state index contributed by atoms with van der Waals surface area (Å²) in [5, 5.41) is 8.25. The Bertz CT molecular complexity index is 699. The lowest BCUT2D eigenvalue weighted by molar-refractivity contribution is -0.134. The second-order valence-corrected chi connectivity index (χ2v) is 6.58. The zero-order valence-electron chi connectivity index (χ0n) is 13.4. The van der Waals surface area contributed by atoms with E-state index in [1.807, 2.05) is 50.8 Å². The summed E-state index contributed by atoms with van der Waals surface area (Å²) in [6.45, 7) is 2.08. The first-order chi connectivity index (χ1) is 11.0. The Morgan fingerprint density at radius 1 is 1.48 bits per heavy atom. The quantitative estimate of drug-likeness (QED) is 0.932. The van der Waals surface area contributed by atoms with Gasteiger partial charge in [-0.2, -0.15) is 5.10 Å². The largest absolute Gasteiger partial charge is 0.341 e. The van der Waals surface area contributed by atoms with E-state index < -0.39 is 0 Å². The van der Waals surface area contributed by atoms with Crippen LogP contribution in [0.2, 0.25) is 5.02 Å². The van der Waals surface area contributed by atoms with Crippen LogP contribution in [0.25, 0.3) is 0 Å². The molecule has 0 bridgehead atoms. The highest BCUT2D eigenvalue weighted by atomic mass is 35.5. The molecule has 1 aromatic heterocycles. The van der Waals surface area contributed by atoms with Crippen LogP contribution in [0.5, 0.6) is 0 Å². The third-order valence-corrected chi connectivity index (χ3v) is 4.60. The number of nitrogens with zero attached hydrogens (tertiary/aromatic N) is 3. The van der Waals surface area contributed by atoms with Crippen molar-refractivity contribution in [3.05, 3.63) is 52.8 Å². The molecule has 3 rings (SSSR count). The monoisotopic (exact) mass is 332 g/mol. The third-order valence-electron chi connectivity index (χ3n) is 4.37. The molecule has 6 heteroatoms. The van der Waals surface area contributed by atoms with Crippen molar-refractivity contribution in [3.8, 4) is 0 Å². The molecule has 1 amide bonds. The molecular weight excluding hydrogens is 312 g/mol. The van der Waals surface area contributed by atoms with Crippen LogP contribution in [0.3, 0.4) is 0 Å². The van der Waals surface area contributed by atoms with E-state index in [9.17, 15) is 4.79 Å². The number of nitrogens with one attached hydrogen (secondary N) is 1. The number of carbonyl (C=O) groups excluding carboxylic acids is 1. The summed E-state index contributed by atoms with van der Waals surface area (Å²) < 4.78 is 1.78. The fourth-order valence-corrected chi connectivity index (χ4v) is 3.40. The van der Waals surface area contributed by atoms with Crippen LogP contribution in [0.4, 0.5) is 0 Å². The third kappa shape index (κ3) is 3.57. The number of halogens is 1. The Morgan fingerprint density at radius 2 is 2.30 bits per heavy atom. The van der Waals surface area contributed by atoms with Crippen LogP contribution in [0.15, 0.2) is 36.7 Å². The van der Waals surface area contributed by atoms with Crippen LogP contribution < -0.4 is 5.32 Å². The van der Waals surface area contributed by atoms with Crippen LogP contribution in [-0.2, 0) is 18.4 Å². The minimum atomic E-state index is -0.0524. The van der Waals surface area contributed by atoms with Gasteiger partial charge in [0.05, 0.1) is 12.1 Å². The molecule has 122 valence electrons. The molecule has 0 unspecified atom stereocenters. The van der Waals surface area contributed by atoms with Crippen LogP contribution in [0, 0.1) is 5.92 Å². The molecule has 1 aromatic carbocycles. The van der Waals surface area contributed by atoms with Gasteiger partial charge in [-0.15, -0.1) is 0 Å². The van der Waals surface area contributed by atoms with E-state index in [4.69, 9.17) is 11.6 Å². The van der Waals surface area contributed by atoms with Gasteiger partial charge in [-0.1, -0.05) is 23.7 Å². The Hall–Kier alpha value is -1.85. The van der Waals surface area contributed by atoms with Gasteiger partial charge in [0, 0.05) is 50.9 Å². The molecule has 0 spiro atoms. The number of hydrogen-bond donors (Lipinski definition) is 1. The first-order valence-corrected chi connectivity index (χ1v) is 8.11. The van der Waals surface area contributed by atoms with Crippen LogP contribution >= 0.6 is 11.6 Å². The number of aryl methyl sites for hydroxylation is 1. The molecule has 1 aliphatic rings. The SMILES string of the molecule is CN(Cc1cccc(Cl)c1)C(=O)[C@H]1CNC[C@@H]1c1cnn(C)c1. The van der Waals surface area contributed by atoms with E-state index in [0.717, 1.165) is 17.7 Å². The van der Waals surface area contributed by atoms with Crippen molar-refractivity contribution < 1.29 is 4.79 Å². The number of benzene rings is 1. The molecule has 5 nitrogen and oxygen atoms in total. The Morgan fingerprint density at radius 3 is 3.00 bits per heavy atom. The zero-order valence-corrected chi connectivity index (χ0v) is 14.1. The molecule has 1 saturated heterocycles. The van der Waals surface area contributed by atoms with E-state index in [2.05, 4.69) is 10.4 Å². The van der Waals surface area contributed by atoms with E-state index in [-0.39, 0.29) is 17.7 Å². The van der Waals surface area contributed by atoms with Gasteiger partial charge < -0.3 is 10.2 Å². The maximum absolute atomic E-state index is 12.9. The minimum Gasteiger partial charge on any atom is -0.341 e. The lowest BCUT2D eigenvalue weighted by atomic mass is 9.90. The molecule has 2 atom stereocenters. The lowest BCUT2D eigenvalue weighted by Crippen LogP contribution is -2.35. The van der Waals surface area contributed by atoms with Crippen molar-refractivity contribution in [2.75, 3.05) is 20.1 Å². The van der Waals surface area contributed by atoms with Gasteiger partial charge in [0.15, 0.2) is 0 Å². The molecule has 1 fully saturated rings. The summed E-state index contributed by atoms with van der Waals surface area (Å²) in [6.07, 6.45) is 3.85. The van der Waals surface area contributed by atoms with E-state index in [1.165, 1.54) is 0 Å². The predicted octanol–water partition coefficient (Wildman–Crippen LogP) is 2.04. The highest BCUT2D eigenvalue weighted by molar-refractivity contribution is 6.30. The minimum absolute atomic E-state index is 0.0524. The summed E-state index contributed by atoms with van der Waals surface area (Å²) in [4.78, 5) is 14.6. The second kappa shape index (κ2) is 6.72. The van der Waals surface area contributed by atoms with Gasteiger partial charge in [0.1, 0.15) is 0 Å². The highest BCUT2D eigenvalue weighted by Gasteiger charge is 2.36. The van der Waals surface area contributed by atoms with Crippen molar-refractivity contribution in [2.24, 2.45) is 13.0 Å². The van der Waals surface area contributed by atoms with Crippen LogP contribution in [0.1, 0.15) is 17.0 Å². The van der Waals surface area contributed by atoms with Crippen molar-refractivity contribution in [3.63, 3.8) is 0 Å². The average Bonchev–Trinajstić information content (AvgIpc) is 3.14. The molecule has 1 N–H and O–H groups in total. The molecule has 0 aliphatic carbocycles. The second-order valence-electron chi connectivity index (χ2n) is 6.14. The maximum Gasteiger partial charge on any atom is 0.227 e. The van der Waals surface area contributed by atoms with E-state index in [0.29, 0.717) is 18.1 Å². The number of aromatic nitrogens is 2. The highest BCUT2D eigenvalue weighted by Crippen LogP contribution is 2.29. The normalized spacial score (nSPS) is 20.7. The standard InChI is InChI=1S/C17H21ClN4O/c1-21(10-12-4-3-5-14(18)6-12)17(23)16-9-19-8-15(16)13-7-20-22(2)11-13/h3-7,11,15-16,19H,8-10H2,1-2H3/t15-,16+/m1/s1. The molecule has 0 radical (unpaired) electrons. The Labute approximate surface area is 141 Å². The summed E-state index contributed by atoms with van der Waals surface area (Å²) in [5.74, 6) is 0.283. The van der Waals surface area contributed by atoms with E-state index >= 15 is 0 Å². The summed E-state index contributed by atoms with van der Waals surface area (Å²) in [5.41, 5.74) is 2.16. The van der Waals surface area contributed by atoms with Gasteiger partial charge >= 0.3 is 0 Å². The number of hydrogen-bond acceptors (Lipinski definition) is 3. The molecule has 1 aliphatic heterocycles. The number of rotatable bonds is 4. The fraction of sp³-hybridized carbons (Fsp3) is 0.412. The zero-order chi connectivity index (χ0) is 16.4. The summed E-state index contributed by atoms with van der Waals surface area (Å²) in [7, 11) is 3.75. The summed E-state index contributed by atoms with van der Waals surface area (Å²) in [6, 6.07) is 7.63. The first kappa shape index (κ1) is 16.0. The Kier molecular flexibility index (Phi) is 4.68. The smallest absolute Gasteiger partial charge is 0.227 e. The predicted molar refractivity (Wildman–Crippen MR) is 90.2 cm³/mol. The van der Waals surface area contributed by atoms with Gasteiger partial charge in [-0.05, 0) is 23.3 Å². The van der Waals surface area contributed by atoms with Crippen molar-refractivity contribution in [2.45, 2.75) is 12.5 Å². The van der Waals surface area contributed by atoms with Crippen molar-refractivity contribution in [1.82, 2.24) is 20.0 Å². The Balaban J connectivity index is 1.71. The maximum atomic E-state index is 12.9.